The van der Waals surface area contributed by atoms with Gasteiger partial charge in [-0.05, 0) is 0 Å². The minimum atomic E-state index is -3.65. The average molecular weight is 561 g/mol. The summed E-state index contributed by atoms with van der Waals surface area (Å²) in [5.74, 6) is 0.504. The normalized spacial score (nSPS) is 11.9. The number of H-pyrrole nitrogens is 2. The zero-order chi connectivity index (χ0) is 25.6. The van der Waals surface area contributed by atoms with Gasteiger partial charge < -0.3 is 0 Å². The van der Waals surface area contributed by atoms with Crippen LogP contribution in [0.15, 0.2) is 71.6 Å². The number of nitrogens with zero attached hydrogens (tertiary/aromatic N) is 3. The predicted molar refractivity (Wildman–Crippen MR) is 139 cm³/mol. The van der Waals surface area contributed by atoms with Gasteiger partial charge in [0.1, 0.15) is 0 Å². The molecule has 5 rings (SSSR count). The number of nitro groups is 1. The molecule has 36 heavy (non-hydrogen) atoms. The fourth-order valence-electron chi connectivity index (χ4n) is 3.95. The van der Waals surface area contributed by atoms with Crippen molar-refractivity contribution in [1.82, 2.24) is 19.9 Å². The van der Waals surface area contributed by atoms with E-state index in [0.717, 1.165) is 5.56 Å². The van der Waals surface area contributed by atoms with Crippen LogP contribution in [0, 0.1) is 10.1 Å². The van der Waals surface area contributed by atoms with Crippen LogP contribution in [0.3, 0.4) is 0 Å². The second kappa shape index (κ2) is 9.04. The van der Waals surface area contributed by atoms with Crippen molar-refractivity contribution in [1.29, 1.82) is 0 Å². The van der Waals surface area contributed by atoms with Crippen molar-refractivity contribution in [3.05, 3.63) is 76.8 Å². The molecule has 0 fully saturated rings. The van der Waals surface area contributed by atoms with Crippen LogP contribution in [0.25, 0.3) is 44.9 Å². The topological polar surface area (TPSA) is 135 Å². The van der Waals surface area contributed by atoms with Crippen LogP contribution in [-0.4, -0.2) is 55.4 Å². The van der Waals surface area contributed by atoms with Crippen molar-refractivity contribution in [3.63, 3.8) is 0 Å². The van der Waals surface area contributed by atoms with Gasteiger partial charge in [-0.1, -0.05) is 0 Å². The number of aromatic amines is 2. The maximum absolute atomic E-state index is 13.3. The van der Waals surface area contributed by atoms with Crippen molar-refractivity contribution in [3.8, 4) is 33.9 Å². The monoisotopic (exact) mass is 561 g/mol. The molecule has 3 aromatic carbocycles. The van der Waals surface area contributed by atoms with Gasteiger partial charge in [0.2, 0.25) is 0 Å². The third-order valence-corrected chi connectivity index (χ3v) is 8.47. The molecule has 0 atom stereocenters. The third-order valence-electron chi connectivity index (χ3n) is 5.86. The van der Waals surface area contributed by atoms with Gasteiger partial charge in [-0.25, -0.2) is 0 Å². The Morgan fingerprint density at radius 1 is 0.917 bits per heavy atom. The maximum atomic E-state index is 13.3. The number of nitrogens with one attached hydrogen (secondary N) is 2. The Balaban J connectivity index is 1.76. The number of aromatic nitrogens is 4. The van der Waals surface area contributed by atoms with E-state index in [4.69, 9.17) is 4.98 Å². The van der Waals surface area contributed by atoms with E-state index in [-0.39, 0.29) is 10.6 Å². The van der Waals surface area contributed by atoms with E-state index < -0.39 is 20.0 Å². The van der Waals surface area contributed by atoms with Crippen LogP contribution >= 0.6 is 0 Å². The molecular formula is C25H20AsN5O4S. The summed E-state index contributed by atoms with van der Waals surface area (Å²) in [7, 11) is -3.65. The first-order chi connectivity index (χ1) is 17.1. The fraction of sp³-hybridized carbons (Fsp3) is 0.120. The van der Waals surface area contributed by atoms with Crippen molar-refractivity contribution >= 4 is 48.0 Å². The zero-order valence-corrected chi connectivity index (χ0v) is 22.0. The summed E-state index contributed by atoms with van der Waals surface area (Å²) in [6.45, 7) is 3.28. The fourth-order valence-corrected chi connectivity index (χ4v) is 5.64. The molecule has 9 nitrogen and oxygen atoms in total. The number of non-ortho nitro benzene ring substituents is 1. The van der Waals surface area contributed by atoms with Crippen molar-refractivity contribution < 1.29 is 13.3 Å². The van der Waals surface area contributed by atoms with E-state index in [9.17, 15) is 18.5 Å². The molecule has 11 heteroatoms. The molecule has 2 heterocycles. The molecular weight excluding hydrogens is 541 g/mol. The summed E-state index contributed by atoms with van der Waals surface area (Å²) < 4.78 is 27.1. The first-order valence-corrected chi connectivity index (χ1v) is 13.5. The Morgan fingerprint density at radius 3 is 2.25 bits per heavy atom. The molecule has 2 radical (unpaired) electrons. The number of imidazole rings is 2. The molecule has 0 aliphatic heterocycles. The molecule has 5 aromatic rings. The molecule has 0 unspecified atom stereocenters. The van der Waals surface area contributed by atoms with E-state index >= 15 is 0 Å². The average Bonchev–Trinajstić information content (AvgIpc) is 3.47. The van der Waals surface area contributed by atoms with Gasteiger partial charge in [-0.2, -0.15) is 0 Å². The van der Waals surface area contributed by atoms with Crippen LogP contribution in [0.5, 0.6) is 0 Å². The first-order valence-electron chi connectivity index (χ1n) is 11.0. The second-order valence-corrected chi connectivity index (χ2v) is 11.9. The van der Waals surface area contributed by atoms with Crippen LogP contribution in [0.2, 0.25) is 0 Å². The van der Waals surface area contributed by atoms with E-state index in [1.807, 2.05) is 36.4 Å². The molecule has 2 aromatic heterocycles. The summed E-state index contributed by atoms with van der Waals surface area (Å²) in [5.41, 5.74) is 4.32. The molecule has 180 valence electrons. The Hall–Kier alpha value is -3.75. The summed E-state index contributed by atoms with van der Waals surface area (Å²) in [6, 6.07) is 19.1. The molecule has 0 saturated carbocycles. The minimum absolute atomic E-state index is 0.0178. The van der Waals surface area contributed by atoms with Gasteiger partial charge in [0, 0.05) is 0 Å². The van der Waals surface area contributed by atoms with E-state index in [0.29, 0.717) is 44.0 Å². The summed E-state index contributed by atoms with van der Waals surface area (Å²) in [4.78, 5) is 26.4. The Bertz CT molecular complexity index is 1710. The first kappa shape index (κ1) is 24.0. The summed E-state index contributed by atoms with van der Waals surface area (Å²) >= 11 is 2.29. The number of nitro benzene ring substituents is 1. The Kier molecular flexibility index (Phi) is 6.02. The van der Waals surface area contributed by atoms with Gasteiger partial charge >= 0.3 is 201 Å². The van der Waals surface area contributed by atoms with Gasteiger partial charge in [0.25, 0.3) is 0 Å². The summed E-state index contributed by atoms with van der Waals surface area (Å²) in [6.07, 6.45) is 0. The van der Waals surface area contributed by atoms with Gasteiger partial charge in [0.05, 0.1) is 4.92 Å². The molecule has 0 aliphatic carbocycles. The predicted octanol–water partition coefficient (Wildman–Crippen LogP) is 4.17. The molecule has 0 bridgehead atoms. The van der Waals surface area contributed by atoms with Crippen LogP contribution in [-0.2, 0) is 9.84 Å². The van der Waals surface area contributed by atoms with Gasteiger partial charge in [0.15, 0.2) is 0 Å². The van der Waals surface area contributed by atoms with Crippen molar-refractivity contribution in [2.24, 2.45) is 0 Å². The zero-order valence-electron chi connectivity index (χ0n) is 19.3. The molecule has 0 aliphatic rings. The van der Waals surface area contributed by atoms with Gasteiger partial charge in [-0.3, -0.25) is 10.1 Å². The SMILES string of the molecule is CC(C)S(=O)(=O)c1cc(-c2nc(-c3ccc([N+](=O)[O-])cc3)[nH]c2-c2ccccc2)cc2[nH]c([As])nc12. The Morgan fingerprint density at radius 2 is 1.61 bits per heavy atom. The number of fused-ring (bicyclic) bond motifs is 1. The van der Waals surface area contributed by atoms with Crippen LogP contribution in [0.4, 0.5) is 5.69 Å². The number of hydrogen-bond donors (Lipinski definition) is 2. The van der Waals surface area contributed by atoms with Crippen LogP contribution < -0.4 is 4.61 Å². The number of benzene rings is 3. The van der Waals surface area contributed by atoms with Gasteiger partial charge in [-0.15, -0.1) is 0 Å². The van der Waals surface area contributed by atoms with Crippen molar-refractivity contribution in [2.45, 2.75) is 24.0 Å². The van der Waals surface area contributed by atoms with E-state index in [1.54, 1.807) is 32.0 Å². The quantitative estimate of drug-likeness (QED) is 0.182. The summed E-state index contributed by atoms with van der Waals surface area (Å²) in [5, 5.41) is 10.4. The molecule has 0 spiro atoms. The third kappa shape index (κ3) is 4.23. The van der Waals surface area contributed by atoms with E-state index in [1.165, 1.54) is 12.1 Å². The second-order valence-electron chi connectivity index (χ2n) is 8.50. The number of sulfone groups is 1. The standard InChI is InChI=1S/C25H20AsN5O4S/c1-14(2)36(34,35)20-13-17(12-19-23(20)30-25(26)27-19)22-21(15-6-4-3-5-7-15)28-24(29-22)16-8-10-18(11-9-16)31(32)33/h3-14H,1-2H3,(H,27,30)(H,28,29). The Labute approximate surface area is 215 Å². The number of hydrogen-bond acceptors (Lipinski definition) is 6. The van der Waals surface area contributed by atoms with Crippen LogP contribution in [0.1, 0.15) is 13.8 Å². The van der Waals surface area contributed by atoms with E-state index in [2.05, 4.69) is 31.8 Å². The van der Waals surface area contributed by atoms with Crippen molar-refractivity contribution in [2.75, 3.05) is 0 Å². The molecule has 0 saturated heterocycles. The number of rotatable bonds is 6. The molecule has 0 amide bonds. The molecule has 2 N–H and O–H groups in total.